The zero-order valence-corrected chi connectivity index (χ0v) is 11.2. The first-order valence-corrected chi connectivity index (χ1v) is 8.49. The van der Waals surface area contributed by atoms with Crippen molar-refractivity contribution in [2.45, 2.75) is 37.1 Å². The molecule has 0 N–H and O–H groups in total. The van der Waals surface area contributed by atoms with Crippen molar-refractivity contribution in [3.8, 4) is 0 Å². The first-order chi connectivity index (χ1) is 6.75. The standard InChI is InChI=1S/C13H19As/c1-10-3-4-11(2)13(7-10)9-14-8-12-5-6-12/h3-4,7,12,14H,5-6,8-9H2,1-2H3. The monoisotopic (exact) mass is 250 g/mol. The summed E-state index contributed by atoms with van der Waals surface area (Å²) in [5, 5.41) is 2.98. The van der Waals surface area contributed by atoms with Crippen molar-refractivity contribution in [2.75, 3.05) is 0 Å². The van der Waals surface area contributed by atoms with E-state index in [-0.39, 0.29) is 0 Å². The van der Waals surface area contributed by atoms with Crippen LogP contribution in [0.15, 0.2) is 18.2 Å². The molecule has 0 radical (unpaired) electrons. The normalized spacial score (nSPS) is 16.7. The van der Waals surface area contributed by atoms with Gasteiger partial charge in [-0.25, -0.2) is 0 Å². The summed E-state index contributed by atoms with van der Waals surface area (Å²) in [6.45, 7) is 4.45. The Hall–Kier alpha value is -0.222. The van der Waals surface area contributed by atoms with E-state index in [9.17, 15) is 0 Å². The van der Waals surface area contributed by atoms with Gasteiger partial charge in [-0.3, -0.25) is 0 Å². The molecule has 1 saturated carbocycles. The topological polar surface area (TPSA) is 0 Å². The third-order valence-corrected chi connectivity index (χ3v) is 6.09. The molecule has 1 aromatic rings. The van der Waals surface area contributed by atoms with E-state index in [4.69, 9.17) is 0 Å². The number of aryl methyl sites for hydroxylation is 2. The number of hydrogen-bond donors (Lipinski definition) is 0. The average Bonchev–Trinajstić information content (AvgIpc) is 2.95. The van der Waals surface area contributed by atoms with Gasteiger partial charge in [-0.2, -0.15) is 0 Å². The minimum atomic E-state index is 0.310. The van der Waals surface area contributed by atoms with Gasteiger partial charge < -0.3 is 0 Å². The SMILES string of the molecule is Cc1ccc(C)c(C[AsH]CC2CC2)c1. The van der Waals surface area contributed by atoms with Gasteiger partial charge >= 0.3 is 93.7 Å². The Kier molecular flexibility index (Phi) is 3.33. The molecule has 0 amide bonds. The van der Waals surface area contributed by atoms with Gasteiger partial charge in [0, 0.05) is 0 Å². The zero-order valence-electron chi connectivity index (χ0n) is 9.14. The molecule has 1 fully saturated rings. The van der Waals surface area contributed by atoms with Crippen LogP contribution >= 0.6 is 0 Å². The van der Waals surface area contributed by atoms with Crippen molar-refractivity contribution in [1.82, 2.24) is 0 Å². The van der Waals surface area contributed by atoms with Crippen LogP contribution in [0.25, 0.3) is 0 Å². The third kappa shape index (κ3) is 2.89. The van der Waals surface area contributed by atoms with E-state index in [0.717, 1.165) is 5.92 Å². The molecule has 1 aliphatic carbocycles. The molecule has 2 rings (SSSR count). The molecule has 14 heavy (non-hydrogen) atoms. The molecule has 76 valence electrons. The van der Waals surface area contributed by atoms with Crippen molar-refractivity contribution in [3.63, 3.8) is 0 Å². The Morgan fingerprint density at radius 1 is 1.29 bits per heavy atom. The molecule has 0 saturated heterocycles. The van der Waals surface area contributed by atoms with E-state index in [1.807, 2.05) is 0 Å². The van der Waals surface area contributed by atoms with Crippen LogP contribution in [0.2, 0.25) is 5.21 Å². The molecule has 1 atom stereocenters. The van der Waals surface area contributed by atoms with Crippen LogP contribution in [0.1, 0.15) is 29.5 Å². The summed E-state index contributed by atoms with van der Waals surface area (Å²) >= 11 is 0.310. The number of benzene rings is 1. The Bertz CT molecular complexity index is 313. The summed E-state index contributed by atoms with van der Waals surface area (Å²) in [6.07, 6.45) is 3.05. The predicted molar refractivity (Wildman–Crippen MR) is 64.3 cm³/mol. The van der Waals surface area contributed by atoms with E-state index in [2.05, 4.69) is 32.0 Å². The minimum absolute atomic E-state index is 0.310. The van der Waals surface area contributed by atoms with Gasteiger partial charge in [0.25, 0.3) is 0 Å². The summed E-state index contributed by atoms with van der Waals surface area (Å²) in [6, 6.07) is 6.87. The van der Waals surface area contributed by atoms with E-state index in [0.29, 0.717) is 15.8 Å². The molecule has 0 bridgehead atoms. The van der Waals surface area contributed by atoms with Crippen LogP contribution in [-0.2, 0) is 5.21 Å². The van der Waals surface area contributed by atoms with Gasteiger partial charge in [0.05, 0.1) is 0 Å². The third-order valence-electron chi connectivity index (χ3n) is 2.95. The van der Waals surface area contributed by atoms with Gasteiger partial charge in [-0.1, -0.05) is 0 Å². The maximum absolute atomic E-state index is 2.38. The Labute approximate surface area is 93.8 Å². The van der Waals surface area contributed by atoms with Crippen molar-refractivity contribution in [2.24, 2.45) is 5.92 Å². The average molecular weight is 250 g/mol. The number of hydrogen-bond acceptors (Lipinski definition) is 0. The molecular formula is C13H19As. The number of rotatable bonds is 4. The van der Waals surface area contributed by atoms with Crippen LogP contribution in [0.5, 0.6) is 0 Å². The fourth-order valence-corrected chi connectivity index (χ4v) is 5.10. The van der Waals surface area contributed by atoms with Gasteiger partial charge in [-0.05, 0) is 0 Å². The van der Waals surface area contributed by atoms with Gasteiger partial charge in [0.15, 0.2) is 0 Å². The first kappa shape index (κ1) is 10.3. The summed E-state index contributed by atoms with van der Waals surface area (Å²) in [4.78, 5) is 0. The second kappa shape index (κ2) is 4.53. The Morgan fingerprint density at radius 2 is 2.07 bits per heavy atom. The fraction of sp³-hybridized carbons (Fsp3) is 0.538. The van der Waals surface area contributed by atoms with Crippen LogP contribution in [-0.4, -0.2) is 15.8 Å². The molecule has 0 spiro atoms. The molecule has 0 aromatic heterocycles. The molecule has 1 heteroatoms. The van der Waals surface area contributed by atoms with Crippen molar-refractivity contribution in [3.05, 3.63) is 34.9 Å². The molecule has 0 heterocycles. The quantitative estimate of drug-likeness (QED) is 0.720. The van der Waals surface area contributed by atoms with E-state index < -0.39 is 0 Å². The van der Waals surface area contributed by atoms with Gasteiger partial charge in [0.2, 0.25) is 0 Å². The fourth-order valence-electron chi connectivity index (χ4n) is 1.72. The molecule has 1 aliphatic rings. The van der Waals surface area contributed by atoms with Gasteiger partial charge in [0.1, 0.15) is 0 Å². The molecule has 1 unspecified atom stereocenters. The van der Waals surface area contributed by atoms with Crippen LogP contribution in [0.3, 0.4) is 0 Å². The molecule has 0 nitrogen and oxygen atoms in total. The van der Waals surface area contributed by atoms with Crippen LogP contribution in [0, 0.1) is 19.8 Å². The summed E-state index contributed by atoms with van der Waals surface area (Å²) < 4.78 is 0. The van der Waals surface area contributed by atoms with Crippen molar-refractivity contribution in [1.29, 1.82) is 0 Å². The summed E-state index contributed by atoms with van der Waals surface area (Å²) in [5.74, 6) is 1.14. The van der Waals surface area contributed by atoms with Gasteiger partial charge in [-0.15, -0.1) is 0 Å². The van der Waals surface area contributed by atoms with Crippen LogP contribution < -0.4 is 0 Å². The Balaban J connectivity index is 1.89. The predicted octanol–water partition coefficient (Wildman–Crippen LogP) is 3.07. The first-order valence-electron chi connectivity index (χ1n) is 5.52. The molecule has 1 aromatic carbocycles. The van der Waals surface area contributed by atoms with Crippen molar-refractivity contribution >= 4 is 15.8 Å². The van der Waals surface area contributed by atoms with Crippen LogP contribution in [0.4, 0.5) is 0 Å². The summed E-state index contributed by atoms with van der Waals surface area (Å²) in [7, 11) is 0. The van der Waals surface area contributed by atoms with Crippen molar-refractivity contribution < 1.29 is 0 Å². The second-order valence-corrected chi connectivity index (χ2v) is 7.15. The molecular weight excluding hydrogens is 231 g/mol. The summed E-state index contributed by atoms with van der Waals surface area (Å²) in [5.41, 5.74) is 4.53. The maximum atomic E-state index is 2.38. The van der Waals surface area contributed by atoms with E-state index in [1.165, 1.54) is 29.2 Å². The Morgan fingerprint density at radius 3 is 2.79 bits per heavy atom. The second-order valence-electron chi connectivity index (χ2n) is 4.50. The molecule has 0 aliphatic heterocycles. The van der Waals surface area contributed by atoms with E-state index >= 15 is 0 Å². The van der Waals surface area contributed by atoms with E-state index in [1.54, 1.807) is 10.8 Å². The zero-order chi connectivity index (χ0) is 9.97.